The first kappa shape index (κ1) is 26.1. The van der Waals surface area contributed by atoms with Crippen molar-refractivity contribution in [2.24, 2.45) is 5.10 Å². The Balaban J connectivity index is 1.63. The molecule has 0 bridgehead atoms. The number of rotatable bonds is 9. The van der Waals surface area contributed by atoms with Gasteiger partial charge in [0.25, 0.3) is 5.91 Å². The van der Waals surface area contributed by atoms with E-state index in [0.717, 1.165) is 5.56 Å². The Labute approximate surface area is 213 Å². The normalized spacial score (nSPS) is 11.7. The molecule has 0 heterocycles. The molecule has 3 aromatic carbocycles. The van der Waals surface area contributed by atoms with Gasteiger partial charge in [-0.2, -0.15) is 5.10 Å². The number of methoxy groups -OCH3 is 1. The number of benzene rings is 3. The molecular weight excluding hydrogens is 491 g/mol. The summed E-state index contributed by atoms with van der Waals surface area (Å²) in [6, 6.07) is 16.7. The van der Waals surface area contributed by atoms with Crippen LogP contribution in [-0.4, -0.2) is 31.3 Å². The van der Waals surface area contributed by atoms with Crippen LogP contribution in [0.1, 0.15) is 34.8 Å². The van der Waals surface area contributed by atoms with Crippen LogP contribution in [0.15, 0.2) is 65.8 Å². The number of nitrogens with one attached hydrogen (secondary N) is 1. The van der Waals surface area contributed by atoms with Crippen molar-refractivity contribution >= 4 is 41.3 Å². The van der Waals surface area contributed by atoms with Gasteiger partial charge in [-0.1, -0.05) is 47.8 Å². The largest absolute Gasteiger partial charge is 0.493 e. The van der Waals surface area contributed by atoms with Gasteiger partial charge in [-0.15, -0.1) is 0 Å². The molecule has 0 saturated carbocycles. The van der Waals surface area contributed by atoms with E-state index in [1.807, 2.05) is 19.1 Å². The number of carbonyl (C=O) groups is 2. The van der Waals surface area contributed by atoms with Crippen molar-refractivity contribution in [3.63, 3.8) is 0 Å². The molecule has 0 aromatic heterocycles. The highest BCUT2D eigenvalue weighted by atomic mass is 35.5. The molecule has 1 unspecified atom stereocenters. The topological polar surface area (TPSA) is 86.2 Å². The van der Waals surface area contributed by atoms with Gasteiger partial charge in [0, 0.05) is 5.02 Å². The van der Waals surface area contributed by atoms with Gasteiger partial charge in [-0.25, -0.2) is 10.2 Å². The quantitative estimate of drug-likeness (QED) is 0.168. The van der Waals surface area contributed by atoms with Gasteiger partial charge in [0.2, 0.25) is 0 Å². The molecule has 1 atom stereocenters. The molecule has 0 aliphatic rings. The van der Waals surface area contributed by atoms with Crippen molar-refractivity contribution < 1.29 is 23.8 Å². The number of hydrazone groups is 1. The molecule has 0 radical (unpaired) electrons. The molecular formula is C26H24Cl2N2O5. The fourth-order valence-corrected chi connectivity index (χ4v) is 3.44. The third-order valence-electron chi connectivity index (χ3n) is 4.89. The third-order valence-corrected chi connectivity index (χ3v) is 5.42. The molecule has 7 nitrogen and oxygen atoms in total. The standard InChI is InChI=1S/C26H24Cl2N2O5/c1-4-21(34-22-12-10-19(27)14-20(22)28)25(31)30-29-15-17-7-11-23(24(13-17)33-3)35-26(32)18-8-5-16(2)6-9-18/h5-15,21H,4H2,1-3H3,(H,30,31)/b29-15+. The maximum absolute atomic E-state index is 12.5. The van der Waals surface area contributed by atoms with E-state index in [1.54, 1.807) is 49.4 Å². The van der Waals surface area contributed by atoms with E-state index in [-0.39, 0.29) is 5.75 Å². The fraction of sp³-hybridized carbons (Fsp3) is 0.192. The molecule has 3 rings (SSSR count). The van der Waals surface area contributed by atoms with Crippen LogP contribution in [0.4, 0.5) is 0 Å². The number of aryl methyl sites for hydroxylation is 1. The molecule has 0 saturated heterocycles. The third kappa shape index (κ3) is 7.21. The van der Waals surface area contributed by atoms with Crippen molar-refractivity contribution in [1.29, 1.82) is 0 Å². The minimum Gasteiger partial charge on any atom is -0.493 e. The minimum absolute atomic E-state index is 0.263. The van der Waals surface area contributed by atoms with Crippen LogP contribution in [0.25, 0.3) is 0 Å². The maximum Gasteiger partial charge on any atom is 0.343 e. The average Bonchev–Trinajstić information content (AvgIpc) is 2.84. The first-order chi connectivity index (χ1) is 16.8. The number of amides is 1. The predicted molar refractivity (Wildman–Crippen MR) is 136 cm³/mol. The first-order valence-electron chi connectivity index (χ1n) is 10.7. The molecule has 3 aromatic rings. The second-order valence-corrected chi connectivity index (χ2v) is 8.33. The summed E-state index contributed by atoms with van der Waals surface area (Å²) in [5.74, 6) is 0.0164. The van der Waals surface area contributed by atoms with E-state index < -0.39 is 18.0 Å². The van der Waals surface area contributed by atoms with Gasteiger partial charge in [-0.3, -0.25) is 4.79 Å². The van der Waals surface area contributed by atoms with Gasteiger partial charge < -0.3 is 14.2 Å². The lowest BCUT2D eigenvalue weighted by Gasteiger charge is -2.16. The van der Waals surface area contributed by atoms with Gasteiger partial charge in [0.05, 0.1) is 23.9 Å². The Morgan fingerprint density at radius 2 is 1.71 bits per heavy atom. The molecule has 0 aliphatic heterocycles. The molecule has 0 fully saturated rings. The molecule has 0 spiro atoms. The Morgan fingerprint density at radius 3 is 2.37 bits per heavy atom. The summed E-state index contributed by atoms with van der Waals surface area (Å²) in [5, 5.41) is 4.76. The summed E-state index contributed by atoms with van der Waals surface area (Å²) >= 11 is 12.0. The van der Waals surface area contributed by atoms with Crippen molar-refractivity contribution in [3.8, 4) is 17.2 Å². The highest BCUT2D eigenvalue weighted by molar-refractivity contribution is 6.35. The van der Waals surface area contributed by atoms with Crippen LogP contribution >= 0.6 is 23.2 Å². The van der Waals surface area contributed by atoms with Crippen LogP contribution in [0.2, 0.25) is 10.0 Å². The molecule has 1 N–H and O–H groups in total. The van der Waals surface area contributed by atoms with E-state index >= 15 is 0 Å². The summed E-state index contributed by atoms with van der Waals surface area (Å²) in [4.78, 5) is 24.9. The SMILES string of the molecule is CCC(Oc1ccc(Cl)cc1Cl)C(=O)N/N=C/c1ccc(OC(=O)c2ccc(C)cc2)c(OC)c1. The Bertz CT molecular complexity index is 1230. The Hall–Kier alpha value is -3.55. The molecule has 182 valence electrons. The van der Waals surface area contributed by atoms with E-state index in [4.69, 9.17) is 37.4 Å². The summed E-state index contributed by atoms with van der Waals surface area (Å²) in [6.45, 7) is 3.74. The number of nitrogens with zero attached hydrogens (tertiary/aromatic N) is 1. The summed E-state index contributed by atoms with van der Waals surface area (Å²) in [6.07, 6.45) is 1.03. The van der Waals surface area contributed by atoms with Crippen LogP contribution in [0.3, 0.4) is 0 Å². The predicted octanol–water partition coefficient (Wildman–Crippen LogP) is 5.84. The van der Waals surface area contributed by atoms with E-state index in [0.29, 0.717) is 39.1 Å². The minimum atomic E-state index is -0.802. The van der Waals surface area contributed by atoms with Crippen LogP contribution in [-0.2, 0) is 4.79 Å². The smallest absolute Gasteiger partial charge is 0.343 e. The zero-order valence-corrected chi connectivity index (χ0v) is 20.9. The summed E-state index contributed by atoms with van der Waals surface area (Å²) < 4.78 is 16.5. The summed E-state index contributed by atoms with van der Waals surface area (Å²) in [5.41, 5.74) is 4.54. The number of halogens is 2. The number of esters is 1. The Morgan fingerprint density at radius 1 is 1.00 bits per heavy atom. The van der Waals surface area contributed by atoms with Crippen molar-refractivity contribution in [3.05, 3.63) is 87.4 Å². The second kappa shape index (κ2) is 12.2. The van der Waals surface area contributed by atoms with Crippen molar-refractivity contribution in [1.82, 2.24) is 5.43 Å². The number of hydrogen-bond donors (Lipinski definition) is 1. The van der Waals surface area contributed by atoms with Crippen LogP contribution < -0.4 is 19.6 Å². The van der Waals surface area contributed by atoms with Gasteiger partial charge in [0.15, 0.2) is 17.6 Å². The number of ether oxygens (including phenoxy) is 3. The van der Waals surface area contributed by atoms with Gasteiger partial charge >= 0.3 is 5.97 Å². The lowest BCUT2D eigenvalue weighted by Crippen LogP contribution is -2.35. The lowest BCUT2D eigenvalue weighted by molar-refractivity contribution is -0.128. The molecule has 1 amide bonds. The molecule has 9 heteroatoms. The van der Waals surface area contributed by atoms with E-state index in [9.17, 15) is 9.59 Å². The number of hydrogen-bond acceptors (Lipinski definition) is 6. The highest BCUT2D eigenvalue weighted by Gasteiger charge is 2.19. The van der Waals surface area contributed by atoms with E-state index in [2.05, 4.69) is 10.5 Å². The monoisotopic (exact) mass is 514 g/mol. The average molecular weight is 515 g/mol. The number of carbonyl (C=O) groups excluding carboxylic acids is 2. The fourth-order valence-electron chi connectivity index (χ4n) is 2.99. The van der Waals surface area contributed by atoms with E-state index in [1.165, 1.54) is 19.4 Å². The van der Waals surface area contributed by atoms with Gasteiger partial charge in [-0.05, 0) is 67.4 Å². The lowest BCUT2D eigenvalue weighted by atomic mass is 10.1. The zero-order valence-electron chi connectivity index (χ0n) is 19.4. The van der Waals surface area contributed by atoms with Gasteiger partial charge in [0.1, 0.15) is 5.75 Å². The van der Waals surface area contributed by atoms with Crippen molar-refractivity contribution in [2.45, 2.75) is 26.4 Å². The highest BCUT2D eigenvalue weighted by Crippen LogP contribution is 2.29. The maximum atomic E-state index is 12.5. The van der Waals surface area contributed by atoms with Crippen LogP contribution in [0.5, 0.6) is 17.2 Å². The summed E-state index contributed by atoms with van der Waals surface area (Å²) in [7, 11) is 1.46. The molecule has 35 heavy (non-hydrogen) atoms. The van der Waals surface area contributed by atoms with Crippen molar-refractivity contribution in [2.75, 3.05) is 7.11 Å². The first-order valence-corrected chi connectivity index (χ1v) is 11.5. The second-order valence-electron chi connectivity index (χ2n) is 7.49. The molecule has 0 aliphatic carbocycles. The zero-order chi connectivity index (χ0) is 25.4. The Kier molecular flexibility index (Phi) is 9.11. The van der Waals surface area contributed by atoms with Crippen LogP contribution in [0, 0.1) is 6.92 Å².